The van der Waals surface area contributed by atoms with E-state index >= 15 is 0 Å². The van der Waals surface area contributed by atoms with Crippen molar-refractivity contribution < 1.29 is 9.53 Å². The molecule has 2 aromatic carbocycles. The number of carbonyl (C=O) groups excluding carboxylic acids is 1. The standard InChI is InChI=1S/C22H24Cl2N4O2/c23-15-2-5-18(6-3-15)30-13-1-10-28-11-8-17(9-12-28)25-22(29)21-26-19-7-4-16(24)14-20(19)27-21/h2-7,14,17H,1,8-13H2,(H,25,29)(H,26,27). The highest BCUT2D eigenvalue weighted by Crippen LogP contribution is 2.18. The summed E-state index contributed by atoms with van der Waals surface area (Å²) in [6.07, 6.45) is 2.81. The van der Waals surface area contributed by atoms with Crippen molar-refractivity contribution in [2.45, 2.75) is 25.3 Å². The van der Waals surface area contributed by atoms with Gasteiger partial charge in [-0.3, -0.25) is 4.79 Å². The van der Waals surface area contributed by atoms with Crippen LogP contribution in [0.3, 0.4) is 0 Å². The maximum atomic E-state index is 12.5. The summed E-state index contributed by atoms with van der Waals surface area (Å²) in [5, 5.41) is 4.42. The molecule has 30 heavy (non-hydrogen) atoms. The lowest BCUT2D eigenvalue weighted by atomic mass is 10.0. The first-order valence-electron chi connectivity index (χ1n) is 10.1. The van der Waals surface area contributed by atoms with Gasteiger partial charge in [0.05, 0.1) is 17.6 Å². The predicted molar refractivity (Wildman–Crippen MR) is 120 cm³/mol. The van der Waals surface area contributed by atoms with Crippen LogP contribution in [0.4, 0.5) is 0 Å². The van der Waals surface area contributed by atoms with Crippen molar-refractivity contribution in [2.24, 2.45) is 0 Å². The minimum Gasteiger partial charge on any atom is -0.494 e. The Hall–Kier alpha value is -2.28. The summed E-state index contributed by atoms with van der Waals surface area (Å²) in [6.45, 7) is 3.58. The van der Waals surface area contributed by atoms with Gasteiger partial charge in [0.1, 0.15) is 5.75 Å². The Morgan fingerprint density at radius 1 is 1.13 bits per heavy atom. The maximum Gasteiger partial charge on any atom is 0.287 e. The van der Waals surface area contributed by atoms with Gasteiger partial charge in [0, 0.05) is 35.7 Å². The van der Waals surface area contributed by atoms with Crippen LogP contribution in [0.25, 0.3) is 11.0 Å². The summed E-state index contributed by atoms with van der Waals surface area (Å²) in [5.74, 6) is 1.000. The topological polar surface area (TPSA) is 70.2 Å². The third kappa shape index (κ3) is 5.45. The van der Waals surface area contributed by atoms with Crippen molar-refractivity contribution in [3.8, 4) is 5.75 Å². The molecule has 0 radical (unpaired) electrons. The zero-order chi connectivity index (χ0) is 20.9. The number of carbonyl (C=O) groups is 1. The number of ether oxygens (including phenoxy) is 1. The van der Waals surface area contributed by atoms with Crippen molar-refractivity contribution >= 4 is 40.1 Å². The van der Waals surface area contributed by atoms with Crippen molar-refractivity contribution in [2.75, 3.05) is 26.2 Å². The first-order valence-corrected chi connectivity index (χ1v) is 10.9. The van der Waals surface area contributed by atoms with E-state index in [1.54, 1.807) is 18.2 Å². The van der Waals surface area contributed by atoms with E-state index in [1.807, 2.05) is 24.3 Å². The van der Waals surface area contributed by atoms with Gasteiger partial charge >= 0.3 is 0 Å². The lowest BCUT2D eigenvalue weighted by Gasteiger charge is -2.32. The molecule has 0 atom stereocenters. The molecule has 1 aromatic heterocycles. The number of halogens is 2. The summed E-state index contributed by atoms with van der Waals surface area (Å²) < 4.78 is 5.75. The SMILES string of the molecule is O=C(NC1CCN(CCCOc2ccc(Cl)cc2)CC1)c1nc2ccc(Cl)cc2[nH]1. The van der Waals surface area contributed by atoms with Gasteiger partial charge in [0.25, 0.3) is 5.91 Å². The number of hydrogen-bond acceptors (Lipinski definition) is 4. The molecule has 0 saturated carbocycles. The summed E-state index contributed by atoms with van der Waals surface area (Å²) in [4.78, 5) is 22.4. The van der Waals surface area contributed by atoms with E-state index in [-0.39, 0.29) is 11.9 Å². The lowest BCUT2D eigenvalue weighted by molar-refractivity contribution is 0.0900. The Kier molecular flexibility index (Phi) is 6.77. The van der Waals surface area contributed by atoms with Gasteiger partial charge in [-0.1, -0.05) is 23.2 Å². The number of imidazole rings is 1. The number of benzene rings is 2. The lowest BCUT2D eigenvalue weighted by Crippen LogP contribution is -2.45. The molecule has 1 amide bonds. The Labute approximate surface area is 185 Å². The Morgan fingerprint density at radius 2 is 1.87 bits per heavy atom. The molecular weight excluding hydrogens is 423 g/mol. The van der Waals surface area contributed by atoms with Gasteiger partial charge in [-0.2, -0.15) is 0 Å². The maximum absolute atomic E-state index is 12.5. The summed E-state index contributed by atoms with van der Waals surface area (Å²) in [6, 6.07) is 12.9. The van der Waals surface area contributed by atoms with E-state index in [0.29, 0.717) is 22.5 Å². The molecule has 2 heterocycles. The second kappa shape index (κ2) is 9.69. The molecule has 1 saturated heterocycles. The van der Waals surface area contributed by atoms with Crippen LogP contribution in [0.1, 0.15) is 29.9 Å². The summed E-state index contributed by atoms with van der Waals surface area (Å²) in [7, 11) is 0. The molecule has 4 rings (SSSR count). The molecule has 3 aromatic rings. The third-order valence-electron chi connectivity index (χ3n) is 5.28. The van der Waals surface area contributed by atoms with Crippen LogP contribution in [0, 0.1) is 0 Å². The molecule has 0 bridgehead atoms. The van der Waals surface area contributed by atoms with Crippen molar-refractivity contribution in [3.63, 3.8) is 0 Å². The summed E-state index contributed by atoms with van der Waals surface area (Å²) >= 11 is 11.9. The highest BCUT2D eigenvalue weighted by atomic mass is 35.5. The Balaban J connectivity index is 1.17. The molecular formula is C22H24Cl2N4O2. The highest BCUT2D eigenvalue weighted by molar-refractivity contribution is 6.31. The van der Waals surface area contributed by atoms with Gasteiger partial charge in [-0.25, -0.2) is 4.98 Å². The normalized spacial score (nSPS) is 15.4. The van der Waals surface area contributed by atoms with Crippen LogP contribution in [0.5, 0.6) is 5.75 Å². The van der Waals surface area contributed by atoms with Gasteiger partial charge in [-0.15, -0.1) is 0 Å². The average molecular weight is 447 g/mol. The van der Waals surface area contributed by atoms with E-state index in [4.69, 9.17) is 27.9 Å². The van der Waals surface area contributed by atoms with E-state index in [1.165, 1.54) is 0 Å². The van der Waals surface area contributed by atoms with Crippen LogP contribution >= 0.6 is 23.2 Å². The van der Waals surface area contributed by atoms with E-state index in [9.17, 15) is 4.79 Å². The molecule has 1 aliphatic heterocycles. The zero-order valence-corrected chi connectivity index (χ0v) is 18.0. The molecule has 0 unspecified atom stereocenters. The number of nitrogens with one attached hydrogen (secondary N) is 2. The fraction of sp³-hybridized carbons (Fsp3) is 0.364. The minimum absolute atomic E-state index is 0.163. The molecule has 1 aliphatic rings. The van der Waals surface area contributed by atoms with Gasteiger partial charge in [0.15, 0.2) is 5.82 Å². The Bertz CT molecular complexity index is 998. The van der Waals surface area contributed by atoms with Crippen LogP contribution in [-0.2, 0) is 0 Å². The van der Waals surface area contributed by atoms with Crippen molar-refractivity contribution in [1.29, 1.82) is 0 Å². The average Bonchev–Trinajstić information content (AvgIpc) is 3.17. The van der Waals surface area contributed by atoms with Crippen LogP contribution in [0.2, 0.25) is 10.0 Å². The molecule has 158 valence electrons. The number of fused-ring (bicyclic) bond motifs is 1. The number of hydrogen-bond donors (Lipinski definition) is 2. The highest BCUT2D eigenvalue weighted by Gasteiger charge is 2.22. The number of amides is 1. The van der Waals surface area contributed by atoms with Crippen LogP contribution in [0.15, 0.2) is 42.5 Å². The molecule has 6 nitrogen and oxygen atoms in total. The molecule has 1 fully saturated rings. The van der Waals surface area contributed by atoms with E-state index in [2.05, 4.69) is 20.2 Å². The number of likely N-dealkylation sites (tertiary alicyclic amines) is 1. The van der Waals surface area contributed by atoms with Gasteiger partial charge in [0.2, 0.25) is 0 Å². The molecule has 0 spiro atoms. The number of aromatic amines is 1. The monoisotopic (exact) mass is 446 g/mol. The number of piperidine rings is 1. The van der Waals surface area contributed by atoms with Crippen molar-refractivity contribution in [3.05, 3.63) is 58.3 Å². The fourth-order valence-electron chi connectivity index (χ4n) is 3.65. The van der Waals surface area contributed by atoms with Crippen LogP contribution in [-0.4, -0.2) is 53.1 Å². The number of nitrogens with zero attached hydrogens (tertiary/aromatic N) is 2. The van der Waals surface area contributed by atoms with E-state index < -0.39 is 0 Å². The minimum atomic E-state index is -0.169. The van der Waals surface area contributed by atoms with Gasteiger partial charge in [-0.05, 0) is 61.7 Å². The number of aromatic nitrogens is 2. The van der Waals surface area contributed by atoms with Crippen molar-refractivity contribution in [1.82, 2.24) is 20.2 Å². The third-order valence-corrected chi connectivity index (χ3v) is 5.77. The predicted octanol–water partition coefficient (Wildman–Crippen LogP) is 4.53. The number of H-pyrrole nitrogens is 1. The van der Waals surface area contributed by atoms with E-state index in [0.717, 1.165) is 55.7 Å². The quantitative estimate of drug-likeness (QED) is 0.522. The molecule has 8 heteroatoms. The first-order chi connectivity index (χ1) is 14.6. The summed E-state index contributed by atoms with van der Waals surface area (Å²) in [5.41, 5.74) is 1.50. The number of rotatable bonds is 7. The first kappa shape index (κ1) is 21.0. The second-order valence-corrected chi connectivity index (χ2v) is 8.37. The van der Waals surface area contributed by atoms with Crippen LogP contribution < -0.4 is 10.1 Å². The smallest absolute Gasteiger partial charge is 0.287 e. The fourth-order valence-corrected chi connectivity index (χ4v) is 3.95. The second-order valence-electron chi connectivity index (χ2n) is 7.49. The largest absolute Gasteiger partial charge is 0.494 e. The Morgan fingerprint density at radius 3 is 2.63 bits per heavy atom. The molecule has 0 aliphatic carbocycles. The molecule has 2 N–H and O–H groups in total. The zero-order valence-electron chi connectivity index (χ0n) is 16.5. The van der Waals surface area contributed by atoms with Gasteiger partial charge < -0.3 is 19.9 Å².